The van der Waals surface area contributed by atoms with E-state index in [0.717, 1.165) is 12.0 Å². The van der Waals surface area contributed by atoms with Gasteiger partial charge in [-0.25, -0.2) is 14.6 Å². The van der Waals surface area contributed by atoms with Gasteiger partial charge in [-0.2, -0.15) is 5.10 Å². The lowest BCUT2D eigenvalue weighted by molar-refractivity contribution is 0.504. The Labute approximate surface area is 187 Å². The molecule has 2 aromatic carbocycles. The first-order chi connectivity index (χ1) is 15.5. The number of benzene rings is 2. The lowest BCUT2D eigenvalue weighted by Crippen LogP contribution is -2.24. The van der Waals surface area contributed by atoms with Crippen LogP contribution in [0.1, 0.15) is 25.5 Å². The number of rotatable bonds is 7. The molecule has 4 aromatic rings. The van der Waals surface area contributed by atoms with Crippen LogP contribution in [0.4, 0.5) is 11.6 Å². The summed E-state index contributed by atoms with van der Waals surface area (Å²) in [5.74, 6) is 0.817. The Morgan fingerprint density at radius 2 is 1.59 bits per heavy atom. The maximum atomic E-state index is 12.2. The summed E-state index contributed by atoms with van der Waals surface area (Å²) in [6, 6.07) is 23.0. The van der Waals surface area contributed by atoms with Crippen molar-refractivity contribution in [2.75, 3.05) is 17.6 Å². The van der Waals surface area contributed by atoms with Crippen LogP contribution in [0, 0.1) is 0 Å². The molecule has 0 amide bonds. The highest BCUT2D eigenvalue weighted by Gasteiger charge is 2.18. The molecule has 0 unspecified atom stereocenters. The minimum absolute atomic E-state index is 0.0761. The zero-order valence-corrected chi connectivity index (χ0v) is 18.2. The van der Waals surface area contributed by atoms with Crippen LogP contribution in [0.2, 0.25) is 0 Å². The van der Waals surface area contributed by atoms with Gasteiger partial charge in [-0.1, -0.05) is 60.7 Å². The van der Waals surface area contributed by atoms with Crippen LogP contribution in [0.5, 0.6) is 0 Å². The third-order valence-corrected chi connectivity index (χ3v) is 5.08. The van der Waals surface area contributed by atoms with Gasteiger partial charge in [0.05, 0.1) is 6.04 Å². The second-order valence-corrected chi connectivity index (χ2v) is 7.78. The average molecular weight is 427 g/mol. The minimum Gasteiger partial charge on any atom is -0.381 e. The predicted molar refractivity (Wildman–Crippen MR) is 128 cm³/mol. The number of hydrogen-bond acceptors (Lipinski definition) is 6. The molecule has 0 radical (unpaired) electrons. The molecule has 4 rings (SSSR count). The molecule has 0 aliphatic carbocycles. The molecule has 7 heteroatoms. The molecule has 0 bridgehead atoms. The molecule has 0 spiro atoms. The monoisotopic (exact) mass is 426 g/mol. The van der Waals surface area contributed by atoms with E-state index in [4.69, 9.17) is 10.7 Å². The molecule has 0 saturated heterocycles. The summed E-state index contributed by atoms with van der Waals surface area (Å²) in [5, 5.41) is 7.86. The van der Waals surface area contributed by atoms with Crippen LogP contribution in [-0.4, -0.2) is 26.3 Å². The smallest absolute Gasteiger partial charge is 0.267 e. The van der Waals surface area contributed by atoms with Crippen molar-refractivity contribution in [2.24, 2.45) is 0 Å². The van der Waals surface area contributed by atoms with E-state index in [1.807, 2.05) is 62.4 Å². The van der Waals surface area contributed by atoms with E-state index in [9.17, 15) is 4.79 Å². The van der Waals surface area contributed by atoms with Crippen LogP contribution in [0.15, 0.2) is 77.6 Å². The fourth-order valence-electron chi connectivity index (χ4n) is 3.45. The van der Waals surface area contributed by atoms with Gasteiger partial charge < -0.3 is 11.1 Å². The average Bonchev–Trinajstić information content (AvgIpc) is 2.81. The van der Waals surface area contributed by atoms with Gasteiger partial charge in [0.25, 0.3) is 5.56 Å². The van der Waals surface area contributed by atoms with E-state index in [2.05, 4.69) is 27.5 Å². The zero-order valence-electron chi connectivity index (χ0n) is 18.2. The Morgan fingerprint density at radius 3 is 2.28 bits per heavy atom. The Kier molecular flexibility index (Phi) is 6.26. The van der Waals surface area contributed by atoms with Gasteiger partial charge >= 0.3 is 0 Å². The van der Waals surface area contributed by atoms with E-state index in [1.54, 1.807) is 6.07 Å². The lowest BCUT2D eigenvalue weighted by Gasteiger charge is -2.15. The molecule has 0 fully saturated rings. The highest BCUT2D eigenvalue weighted by Crippen LogP contribution is 2.31. The minimum atomic E-state index is -0.158. The molecule has 162 valence electrons. The third kappa shape index (κ3) is 4.67. The highest BCUT2D eigenvalue weighted by molar-refractivity contribution is 5.79. The summed E-state index contributed by atoms with van der Waals surface area (Å²) in [7, 11) is 0. The number of nitrogens with two attached hydrogens (primary N) is 1. The summed E-state index contributed by atoms with van der Waals surface area (Å²) in [4.78, 5) is 21.7. The summed E-state index contributed by atoms with van der Waals surface area (Å²) >= 11 is 0. The summed E-state index contributed by atoms with van der Waals surface area (Å²) in [5.41, 5.74) is 9.98. The Balaban J connectivity index is 1.74. The van der Waals surface area contributed by atoms with Crippen LogP contribution in [-0.2, 0) is 6.42 Å². The van der Waals surface area contributed by atoms with E-state index in [-0.39, 0.29) is 11.6 Å². The van der Waals surface area contributed by atoms with Crippen LogP contribution in [0.25, 0.3) is 22.6 Å². The first kappa shape index (κ1) is 21.2. The topological polar surface area (TPSA) is 98.7 Å². The van der Waals surface area contributed by atoms with Gasteiger partial charge in [0.15, 0.2) is 11.6 Å². The van der Waals surface area contributed by atoms with Crippen molar-refractivity contribution in [3.8, 4) is 22.6 Å². The second-order valence-electron chi connectivity index (χ2n) is 7.78. The van der Waals surface area contributed by atoms with Crippen molar-refractivity contribution in [3.05, 3.63) is 88.7 Å². The standard InChI is InChI=1S/C25H26N6O/c1-17(2)31-21(32)14-13-20(30-31)23-22(19-11-7-4-8-12-19)28-24(26)25(29-23)27-16-15-18-9-5-3-6-10-18/h3-14,17H,15-16H2,1-2H3,(H2,26,28)(H,27,29). The van der Waals surface area contributed by atoms with Crippen molar-refractivity contribution in [1.29, 1.82) is 0 Å². The Bertz CT molecular complexity index is 1250. The van der Waals surface area contributed by atoms with Crippen molar-refractivity contribution in [2.45, 2.75) is 26.3 Å². The fourth-order valence-corrected chi connectivity index (χ4v) is 3.45. The molecule has 2 heterocycles. The van der Waals surface area contributed by atoms with Gasteiger partial charge in [-0.15, -0.1) is 0 Å². The van der Waals surface area contributed by atoms with Gasteiger partial charge in [-0.3, -0.25) is 4.79 Å². The molecule has 3 N–H and O–H groups in total. The first-order valence-electron chi connectivity index (χ1n) is 10.6. The van der Waals surface area contributed by atoms with Gasteiger partial charge in [-0.05, 0) is 31.9 Å². The molecular formula is C25H26N6O. The third-order valence-electron chi connectivity index (χ3n) is 5.08. The zero-order chi connectivity index (χ0) is 22.5. The normalized spacial score (nSPS) is 11.0. The van der Waals surface area contributed by atoms with Gasteiger partial charge in [0, 0.05) is 18.2 Å². The van der Waals surface area contributed by atoms with Crippen molar-refractivity contribution >= 4 is 11.6 Å². The Hall–Kier alpha value is -4.00. The number of nitrogens with zero attached hydrogens (tertiary/aromatic N) is 4. The molecule has 0 atom stereocenters. The first-order valence-corrected chi connectivity index (χ1v) is 10.6. The van der Waals surface area contributed by atoms with E-state index in [0.29, 0.717) is 35.3 Å². The Morgan fingerprint density at radius 1 is 0.906 bits per heavy atom. The maximum Gasteiger partial charge on any atom is 0.267 e. The van der Waals surface area contributed by atoms with E-state index < -0.39 is 0 Å². The SMILES string of the molecule is CC(C)n1nc(-c2nc(NCCc3ccccc3)c(N)nc2-c2ccccc2)ccc1=O. The molecular weight excluding hydrogens is 400 g/mol. The van der Waals surface area contributed by atoms with Gasteiger partial charge in [0.2, 0.25) is 0 Å². The molecule has 32 heavy (non-hydrogen) atoms. The number of hydrogen-bond donors (Lipinski definition) is 2. The highest BCUT2D eigenvalue weighted by atomic mass is 16.1. The predicted octanol–water partition coefficient (Wildman–Crippen LogP) is 4.19. The fraction of sp³-hybridized carbons (Fsp3) is 0.200. The molecule has 2 aromatic heterocycles. The van der Waals surface area contributed by atoms with E-state index in [1.165, 1.54) is 16.3 Å². The van der Waals surface area contributed by atoms with Gasteiger partial charge in [0.1, 0.15) is 17.1 Å². The van der Waals surface area contributed by atoms with Crippen molar-refractivity contribution < 1.29 is 0 Å². The van der Waals surface area contributed by atoms with Crippen LogP contribution in [0.3, 0.4) is 0 Å². The second kappa shape index (κ2) is 9.43. The van der Waals surface area contributed by atoms with E-state index >= 15 is 0 Å². The molecule has 0 saturated carbocycles. The van der Waals surface area contributed by atoms with Crippen molar-refractivity contribution in [3.63, 3.8) is 0 Å². The number of nitrogen functional groups attached to an aromatic ring is 1. The summed E-state index contributed by atoms with van der Waals surface area (Å²) < 4.78 is 1.45. The molecule has 0 aliphatic heterocycles. The summed E-state index contributed by atoms with van der Waals surface area (Å²) in [6.45, 7) is 4.50. The summed E-state index contributed by atoms with van der Waals surface area (Å²) in [6.07, 6.45) is 0.828. The van der Waals surface area contributed by atoms with Crippen molar-refractivity contribution in [1.82, 2.24) is 19.7 Å². The van der Waals surface area contributed by atoms with Crippen LogP contribution >= 0.6 is 0 Å². The number of nitrogens with one attached hydrogen (secondary N) is 1. The molecule has 0 aliphatic rings. The quantitative estimate of drug-likeness (QED) is 0.460. The molecule has 7 nitrogen and oxygen atoms in total. The number of aromatic nitrogens is 4. The lowest BCUT2D eigenvalue weighted by atomic mass is 10.1. The number of anilines is 2. The van der Waals surface area contributed by atoms with Crippen LogP contribution < -0.4 is 16.6 Å². The largest absolute Gasteiger partial charge is 0.381 e. The maximum absolute atomic E-state index is 12.2.